The molecule has 0 spiro atoms. The van der Waals surface area contributed by atoms with Gasteiger partial charge in [0, 0.05) is 6.61 Å². The van der Waals surface area contributed by atoms with Gasteiger partial charge >= 0.3 is 0 Å². The average Bonchev–Trinajstić information content (AvgIpc) is 3.41. The molecule has 27 heavy (non-hydrogen) atoms. The Morgan fingerprint density at radius 1 is 1.00 bits per heavy atom. The molecule has 2 aromatic carbocycles. The first-order chi connectivity index (χ1) is 12.9. The number of aliphatic hydroxyl groups is 2. The summed E-state index contributed by atoms with van der Waals surface area (Å²) in [5.74, 6) is 1.62. The Morgan fingerprint density at radius 2 is 1.52 bits per heavy atom. The lowest BCUT2D eigenvalue weighted by atomic mass is 9.91. The van der Waals surface area contributed by atoms with Crippen LogP contribution in [0, 0.1) is 11.3 Å². The Balaban J connectivity index is 0.000000194. The van der Waals surface area contributed by atoms with Crippen molar-refractivity contribution in [2.75, 3.05) is 13.2 Å². The van der Waals surface area contributed by atoms with E-state index in [1.807, 2.05) is 31.2 Å². The third-order valence-corrected chi connectivity index (χ3v) is 5.82. The van der Waals surface area contributed by atoms with Gasteiger partial charge in [-0.15, -0.1) is 0 Å². The highest BCUT2D eigenvalue weighted by atomic mass is 16.3. The molecule has 4 atom stereocenters. The SMILES string of the molecule is C/C(=C\C(C)c1ccccc1)CO.CC(c1ccccc1)C1CC1(C)CO. The van der Waals surface area contributed by atoms with Crippen molar-refractivity contribution < 1.29 is 10.2 Å². The normalized spacial score (nSPS) is 23.8. The zero-order chi connectivity index (χ0) is 19.9. The minimum atomic E-state index is 0.150. The minimum absolute atomic E-state index is 0.150. The molecule has 0 aliphatic heterocycles. The van der Waals surface area contributed by atoms with E-state index < -0.39 is 0 Å². The summed E-state index contributed by atoms with van der Waals surface area (Å²) in [5, 5.41) is 18.1. The van der Waals surface area contributed by atoms with E-state index in [0.29, 0.717) is 24.4 Å². The molecular formula is C25H34O2. The van der Waals surface area contributed by atoms with Crippen molar-refractivity contribution in [1.29, 1.82) is 0 Å². The van der Waals surface area contributed by atoms with E-state index in [-0.39, 0.29) is 12.0 Å². The fourth-order valence-electron chi connectivity index (χ4n) is 3.73. The lowest BCUT2D eigenvalue weighted by Gasteiger charge is -2.14. The predicted octanol–water partition coefficient (Wildman–Crippen LogP) is 5.54. The maximum Gasteiger partial charge on any atom is 0.0639 e. The van der Waals surface area contributed by atoms with Crippen molar-refractivity contribution >= 4 is 0 Å². The van der Waals surface area contributed by atoms with Crippen LogP contribution < -0.4 is 0 Å². The highest BCUT2D eigenvalue weighted by Crippen LogP contribution is 2.58. The van der Waals surface area contributed by atoms with Gasteiger partial charge in [0.15, 0.2) is 0 Å². The summed E-state index contributed by atoms with van der Waals surface area (Å²) >= 11 is 0. The van der Waals surface area contributed by atoms with E-state index >= 15 is 0 Å². The van der Waals surface area contributed by atoms with Crippen LogP contribution in [-0.2, 0) is 0 Å². The van der Waals surface area contributed by atoms with Crippen LogP contribution in [0.25, 0.3) is 0 Å². The second kappa shape index (κ2) is 9.87. The van der Waals surface area contributed by atoms with E-state index in [1.54, 1.807) is 0 Å². The Bertz CT molecular complexity index is 708. The van der Waals surface area contributed by atoms with Crippen LogP contribution in [0.4, 0.5) is 0 Å². The molecular weight excluding hydrogens is 332 g/mol. The van der Waals surface area contributed by atoms with Crippen LogP contribution in [0.1, 0.15) is 57.1 Å². The van der Waals surface area contributed by atoms with Gasteiger partial charge < -0.3 is 10.2 Å². The van der Waals surface area contributed by atoms with Crippen LogP contribution in [0.2, 0.25) is 0 Å². The molecule has 1 aliphatic carbocycles. The van der Waals surface area contributed by atoms with E-state index in [1.165, 1.54) is 17.5 Å². The Kier molecular flexibility index (Phi) is 7.82. The summed E-state index contributed by atoms with van der Waals surface area (Å²) in [6.45, 7) is 9.00. The molecule has 0 aromatic heterocycles. The van der Waals surface area contributed by atoms with Crippen molar-refractivity contribution in [3.8, 4) is 0 Å². The molecule has 0 heterocycles. The van der Waals surface area contributed by atoms with E-state index in [2.05, 4.69) is 63.2 Å². The molecule has 4 unspecified atom stereocenters. The Labute approximate surface area is 164 Å². The van der Waals surface area contributed by atoms with Gasteiger partial charge in [-0.2, -0.15) is 0 Å². The van der Waals surface area contributed by atoms with Crippen molar-refractivity contribution in [3.05, 3.63) is 83.4 Å². The molecule has 0 bridgehead atoms. The molecule has 3 rings (SSSR count). The van der Waals surface area contributed by atoms with Gasteiger partial charge in [0.1, 0.15) is 0 Å². The zero-order valence-electron chi connectivity index (χ0n) is 17.1. The van der Waals surface area contributed by atoms with Gasteiger partial charge in [-0.1, -0.05) is 93.1 Å². The first-order valence-electron chi connectivity index (χ1n) is 9.90. The second-order valence-corrected chi connectivity index (χ2v) is 8.19. The summed E-state index contributed by atoms with van der Waals surface area (Å²) in [4.78, 5) is 0. The van der Waals surface area contributed by atoms with Crippen LogP contribution in [0.3, 0.4) is 0 Å². The number of hydrogen-bond acceptors (Lipinski definition) is 2. The van der Waals surface area contributed by atoms with Gasteiger partial charge in [0.05, 0.1) is 6.61 Å². The fraction of sp³-hybridized carbons (Fsp3) is 0.440. The molecule has 0 radical (unpaired) electrons. The molecule has 1 aliphatic rings. The number of aliphatic hydroxyl groups excluding tert-OH is 2. The second-order valence-electron chi connectivity index (χ2n) is 8.19. The van der Waals surface area contributed by atoms with Gasteiger partial charge in [0.25, 0.3) is 0 Å². The first kappa shape index (κ1) is 21.4. The number of allylic oxidation sites excluding steroid dienone is 1. The standard InChI is InChI=1S/C13H18O.C12H16O/c1-10(11-6-4-3-5-7-11)12-8-13(12,2)9-14;1-10(9-13)8-11(2)12-6-4-3-5-7-12/h3-7,10,12,14H,8-9H2,1-2H3;3-8,11,13H,9H2,1-2H3/b;10-8+. The lowest BCUT2D eigenvalue weighted by molar-refractivity contribution is 0.207. The first-order valence-corrected chi connectivity index (χ1v) is 9.90. The summed E-state index contributed by atoms with van der Waals surface area (Å²) in [6.07, 6.45) is 3.26. The molecule has 2 N–H and O–H groups in total. The minimum Gasteiger partial charge on any atom is -0.396 e. The summed E-state index contributed by atoms with van der Waals surface area (Å²) in [6, 6.07) is 20.9. The maximum absolute atomic E-state index is 9.23. The third-order valence-electron chi connectivity index (χ3n) is 5.82. The number of benzene rings is 2. The zero-order valence-corrected chi connectivity index (χ0v) is 17.1. The van der Waals surface area contributed by atoms with Crippen molar-refractivity contribution in [3.63, 3.8) is 0 Å². The van der Waals surface area contributed by atoms with Gasteiger partial charge in [-0.25, -0.2) is 0 Å². The summed E-state index contributed by atoms with van der Waals surface area (Å²) < 4.78 is 0. The van der Waals surface area contributed by atoms with Crippen LogP contribution >= 0.6 is 0 Å². The average molecular weight is 367 g/mol. The van der Waals surface area contributed by atoms with Crippen LogP contribution in [-0.4, -0.2) is 23.4 Å². The molecule has 0 saturated heterocycles. The van der Waals surface area contributed by atoms with Gasteiger partial charge in [-0.3, -0.25) is 0 Å². The quantitative estimate of drug-likeness (QED) is 0.659. The van der Waals surface area contributed by atoms with Gasteiger partial charge in [0.2, 0.25) is 0 Å². The fourth-order valence-corrected chi connectivity index (χ4v) is 3.73. The molecule has 2 heteroatoms. The van der Waals surface area contributed by atoms with Crippen molar-refractivity contribution in [2.45, 2.75) is 46.0 Å². The third kappa shape index (κ3) is 6.05. The number of hydrogen-bond donors (Lipinski definition) is 2. The van der Waals surface area contributed by atoms with Crippen LogP contribution in [0.15, 0.2) is 72.3 Å². The largest absolute Gasteiger partial charge is 0.396 e. The van der Waals surface area contributed by atoms with Crippen LogP contribution in [0.5, 0.6) is 0 Å². The topological polar surface area (TPSA) is 40.5 Å². The molecule has 146 valence electrons. The highest BCUT2D eigenvalue weighted by Gasteiger charge is 2.52. The number of rotatable bonds is 6. The molecule has 0 amide bonds. The Hall–Kier alpha value is -1.90. The van der Waals surface area contributed by atoms with Crippen molar-refractivity contribution in [2.24, 2.45) is 11.3 Å². The van der Waals surface area contributed by atoms with Gasteiger partial charge in [-0.05, 0) is 47.6 Å². The molecule has 1 saturated carbocycles. The summed E-state index contributed by atoms with van der Waals surface area (Å²) in [7, 11) is 0. The maximum atomic E-state index is 9.23. The smallest absolute Gasteiger partial charge is 0.0639 e. The molecule has 1 fully saturated rings. The molecule has 2 aromatic rings. The molecule has 2 nitrogen and oxygen atoms in total. The predicted molar refractivity (Wildman–Crippen MR) is 114 cm³/mol. The van der Waals surface area contributed by atoms with E-state index in [0.717, 1.165) is 5.57 Å². The summed E-state index contributed by atoms with van der Waals surface area (Å²) in [5.41, 5.74) is 3.90. The highest BCUT2D eigenvalue weighted by molar-refractivity contribution is 5.24. The van der Waals surface area contributed by atoms with Crippen molar-refractivity contribution in [1.82, 2.24) is 0 Å². The van der Waals surface area contributed by atoms with E-state index in [4.69, 9.17) is 5.11 Å². The van der Waals surface area contributed by atoms with E-state index in [9.17, 15) is 5.11 Å². The monoisotopic (exact) mass is 366 g/mol. The Morgan fingerprint density at radius 3 is 1.96 bits per heavy atom. The lowest BCUT2D eigenvalue weighted by Crippen LogP contribution is -2.08.